The molecule has 1 heterocycles. The number of nitrogens with zero attached hydrogens (tertiary/aromatic N) is 1. The van der Waals surface area contributed by atoms with Gasteiger partial charge < -0.3 is 0 Å². The molecule has 1 amide bonds. The fourth-order valence-electron chi connectivity index (χ4n) is 4.11. The van der Waals surface area contributed by atoms with Gasteiger partial charge in [0, 0.05) is 19.5 Å². The summed E-state index contributed by atoms with van der Waals surface area (Å²) in [6.07, 6.45) is 3.24. The summed E-state index contributed by atoms with van der Waals surface area (Å²) in [6, 6.07) is 19.9. The zero-order chi connectivity index (χ0) is 21.4. The summed E-state index contributed by atoms with van der Waals surface area (Å²) in [5, 5.41) is 8.06. The van der Waals surface area contributed by atoms with E-state index < -0.39 is 21.2 Å². The van der Waals surface area contributed by atoms with E-state index in [0.29, 0.717) is 31.8 Å². The predicted molar refractivity (Wildman–Crippen MR) is 116 cm³/mol. The Morgan fingerprint density at radius 3 is 2.13 bits per heavy atom. The van der Waals surface area contributed by atoms with Crippen molar-refractivity contribution < 1.29 is 18.4 Å². The molecule has 1 aliphatic rings. The number of sulfonamides is 1. The van der Waals surface area contributed by atoms with E-state index in [9.17, 15) is 13.2 Å². The third-order valence-corrected chi connectivity index (χ3v) is 8.19. The zero-order valence-electron chi connectivity index (χ0n) is 17.1. The number of amides is 1. The van der Waals surface area contributed by atoms with Crippen LogP contribution in [0.1, 0.15) is 36.8 Å². The normalized spacial score (nSPS) is 16.8. The van der Waals surface area contributed by atoms with Crippen molar-refractivity contribution in [2.45, 2.75) is 43.8 Å². The summed E-state index contributed by atoms with van der Waals surface area (Å²) < 4.78 is 28.1. The van der Waals surface area contributed by atoms with Gasteiger partial charge in [-0.15, -0.1) is 0 Å². The van der Waals surface area contributed by atoms with Gasteiger partial charge in [0.15, 0.2) is 0 Å². The molecule has 2 aromatic rings. The molecule has 30 heavy (non-hydrogen) atoms. The third kappa shape index (κ3) is 6.14. The summed E-state index contributed by atoms with van der Waals surface area (Å²) in [4.78, 5) is 11.8. The maximum absolute atomic E-state index is 13.3. The fraction of sp³-hybridized carbons (Fsp3) is 0.435. The van der Waals surface area contributed by atoms with E-state index in [1.165, 1.54) is 9.87 Å². The Kier molecular flexibility index (Phi) is 8.01. The minimum atomic E-state index is -3.63. The SMILES string of the molecule is O=C(CC(CCc1ccccc1)S(=O)(=O)N1CCC(Cc2ccccc2)CC1)NO. The Hall–Kier alpha value is -2.22. The van der Waals surface area contributed by atoms with Gasteiger partial charge in [-0.2, -0.15) is 0 Å². The Balaban J connectivity index is 1.62. The van der Waals surface area contributed by atoms with Crippen LogP contribution in [0.15, 0.2) is 60.7 Å². The average molecular weight is 431 g/mol. The van der Waals surface area contributed by atoms with Gasteiger partial charge in [-0.3, -0.25) is 10.0 Å². The molecule has 0 aromatic heterocycles. The van der Waals surface area contributed by atoms with Crippen molar-refractivity contribution in [3.63, 3.8) is 0 Å². The summed E-state index contributed by atoms with van der Waals surface area (Å²) in [5.41, 5.74) is 3.89. The molecule has 162 valence electrons. The van der Waals surface area contributed by atoms with Crippen LogP contribution in [-0.2, 0) is 27.7 Å². The van der Waals surface area contributed by atoms with Crippen LogP contribution in [-0.4, -0.2) is 42.2 Å². The summed E-state index contributed by atoms with van der Waals surface area (Å²) in [7, 11) is -3.63. The average Bonchev–Trinajstić information content (AvgIpc) is 2.78. The van der Waals surface area contributed by atoms with Crippen molar-refractivity contribution >= 4 is 15.9 Å². The van der Waals surface area contributed by atoms with E-state index in [2.05, 4.69) is 12.1 Å². The largest absolute Gasteiger partial charge is 0.289 e. The van der Waals surface area contributed by atoms with Crippen molar-refractivity contribution in [2.24, 2.45) is 5.92 Å². The van der Waals surface area contributed by atoms with E-state index in [0.717, 1.165) is 24.8 Å². The highest BCUT2D eigenvalue weighted by atomic mass is 32.2. The lowest BCUT2D eigenvalue weighted by Gasteiger charge is -2.33. The number of benzene rings is 2. The zero-order valence-corrected chi connectivity index (χ0v) is 17.9. The van der Waals surface area contributed by atoms with Gasteiger partial charge in [0.2, 0.25) is 15.9 Å². The molecule has 0 aliphatic carbocycles. The van der Waals surface area contributed by atoms with Gasteiger partial charge in [-0.25, -0.2) is 18.2 Å². The molecule has 2 aromatic carbocycles. The molecule has 0 bridgehead atoms. The first kappa shape index (κ1) is 22.5. The first-order valence-electron chi connectivity index (χ1n) is 10.5. The van der Waals surface area contributed by atoms with Gasteiger partial charge in [0.25, 0.3) is 0 Å². The lowest BCUT2D eigenvalue weighted by atomic mass is 9.91. The predicted octanol–water partition coefficient (Wildman–Crippen LogP) is 3.17. The van der Waals surface area contributed by atoms with E-state index in [1.807, 2.05) is 48.5 Å². The topological polar surface area (TPSA) is 86.7 Å². The molecule has 6 nitrogen and oxygen atoms in total. The van der Waals surface area contributed by atoms with Crippen LogP contribution >= 0.6 is 0 Å². The van der Waals surface area contributed by atoms with Gasteiger partial charge in [0.05, 0.1) is 5.25 Å². The maximum Gasteiger partial charge on any atom is 0.244 e. The number of aryl methyl sites for hydroxylation is 1. The summed E-state index contributed by atoms with van der Waals surface area (Å²) in [6.45, 7) is 0.949. The quantitative estimate of drug-likeness (QED) is 0.473. The molecule has 1 aliphatic heterocycles. The van der Waals surface area contributed by atoms with E-state index in [1.54, 1.807) is 5.48 Å². The molecule has 3 rings (SSSR count). The van der Waals surface area contributed by atoms with Gasteiger partial charge >= 0.3 is 0 Å². The van der Waals surface area contributed by atoms with Crippen LogP contribution in [0.4, 0.5) is 0 Å². The third-order valence-electron chi connectivity index (χ3n) is 5.86. The van der Waals surface area contributed by atoms with Crippen molar-refractivity contribution in [1.82, 2.24) is 9.79 Å². The summed E-state index contributed by atoms with van der Waals surface area (Å²) in [5.74, 6) is -0.210. The Bertz CT molecular complexity index is 895. The second kappa shape index (κ2) is 10.7. The molecule has 0 saturated carbocycles. The van der Waals surface area contributed by atoms with Crippen LogP contribution in [0.25, 0.3) is 0 Å². The van der Waals surface area contributed by atoms with Crippen molar-refractivity contribution in [1.29, 1.82) is 0 Å². The van der Waals surface area contributed by atoms with Gasteiger partial charge in [-0.05, 0) is 49.1 Å². The highest BCUT2D eigenvalue weighted by Gasteiger charge is 2.35. The molecule has 1 unspecified atom stereocenters. The number of carbonyl (C=O) groups is 1. The van der Waals surface area contributed by atoms with Gasteiger partial charge in [0.1, 0.15) is 0 Å². The number of carbonyl (C=O) groups excluding carboxylic acids is 1. The van der Waals surface area contributed by atoms with Crippen LogP contribution in [0, 0.1) is 5.92 Å². The maximum atomic E-state index is 13.3. The van der Waals surface area contributed by atoms with Crippen LogP contribution in [0.5, 0.6) is 0 Å². The fourth-order valence-corrected chi connectivity index (χ4v) is 6.03. The second-order valence-electron chi connectivity index (χ2n) is 7.96. The highest BCUT2D eigenvalue weighted by Crippen LogP contribution is 2.27. The Morgan fingerprint density at radius 1 is 1.00 bits per heavy atom. The molecule has 0 spiro atoms. The van der Waals surface area contributed by atoms with Gasteiger partial charge in [-0.1, -0.05) is 60.7 Å². The minimum absolute atomic E-state index is 0.240. The Labute approximate surface area is 178 Å². The first-order valence-corrected chi connectivity index (χ1v) is 12.0. The number of nitrogens with one attached hydrogen (secondary N) is 1. The molecule has 1 fully saturated rings. The van der Waals surface area contributed by atoms with Crippen molar-refractivity contribution in [3.05, 3.63) is 71.8 Å². The first-order chi connectivity index (χ1) is 14.5. The minimum Gasteiger partial charge on any atom is -0.289 e. The van der Waals surface area contributed by atoms with Crippen LogP contribution in [0.3, 0.4) is 0 Å². The number of piperidine rings is 1. The molecular weight excluding hydrogens is 400 g/mol. The van der Waals surface area contributed by atoms with Crippen molar-refractivity contribution in [2.75, 3.05) is 13.1 Å². The number of hydrogen-bond acceptors (Lipinski definition) is 4. The Morgan fingerprint density at radius 2 is 1.57 bits per heavy atom. The monoisotopic (exact) mass is 430 g/mol. The number of rotatable bonds is 9. The number of hydroxylamine groups is 1. The molecule has 7 heteroatoms. The van der Waals surface area contributed by atoms with E-state index >= 15 is 0 Å². The van der Waals surface area contributed by atoms with Crippen LogP contribution in [0.2, 0.25) is 0 Å². The van der Waals surface area contributed by atoms with E-state index in [-0.39, 0.29) is 6.42 Å². The van der Waals surface area contributed by atoms with Crippen LogP contribution < -0.4 is 5.48 Å². The molecule has 0 radical (unpaired) electrons. The molecular formula is C23H30N2O4S. The smallest absolute Gasteiger partial charge is 0.244 e. The molecule has 1 atom stereocenters. The lowest BCUT2D eigenvalue weighted by Crippen LogP contribution is -2.45. The standard InChI is InChI=1S/C23H30N2O4S/c26-23(24-27)18-22(12-11-19-7-3-1-4-8-19)30(28,29)25-15-13-21(14-16-25)17-20-9-5-2-6-10-20/h1-10,21-22,27H,11-18H2,(H,24,26). The summed E-state index contributed by atoms with van der Waals surface area (Å²) >= 11 is 0. The molecule has 2 N–H and O–H groups in total. The molecule has 1 saturated heterocycles. The van der Waals surface area contributed by atoms with Crippen molar-refractivity contribution in [3.8, 4) is 0 Å². The highest BCUT2D eigenvalue weighted by molar-refractivity contribution is 7.89. The second-order valence-corrected chi connectivity index (χ2v) is 10.2. The number of hydrogen-bond donors (Lipinski definition) is 2. The van der Waals surface area contributed by atoms with E-state index in [4.69, 9.17) is 5.21 Å². The lowest BCUT2D eigenvalue weighted by molar-refractivity contribution is -0.129.